The molecule has 2 atom stereocenters. The molecule has 2 unspecified atom stereocenters. The molecule has 0 saturated heterocycles. The number of rotatable bonds is 24. The maximum Gasteiger partial charge on any atom is 0.330 e. The SMILES string of the molecule is C=CC(=O)OCC(C)OC(=O)CCC(=O)OCCc1ccc(OC(=O)C2CCC(C(=O)Oc3ccc(CCOC(=O)CCC(=O)OC(C)COC(=O)C=C)cc3)CC2)cc1. The first-order valence-electron chi connectivity index (χ1n) is 19.6. The van der Waals surface area contributed by atoms with Crippen LogP contribution in [0.1, 0.15) is 76.3 Å². The Kier molecular flexibility index (Phi) is 20.8. The quantitative estimate of drug-likeness (QED) is 0.0586. The zero-order valence-corrected chi connectivity index (χ0v) is 33.9. The summed E-state index contributed by atoms with van der Waals surface area (Å²) in [6.07, 6.45) is 2.64. The van der Waals surface area contributed by atoms with Gasteiger partial charge in [0.2, 0.25) is 0 Å². The second-order valence-electron chi connectivity index (χ2n) is 13.9. The fourth-order valence-corrected chi connectivity index (χ4v) is 5.68. The van der Waals surface area contributed by atoms with Crippen molar-refractivity contribution in [2.24, 2.45) is 11.8 Å². The molecule has 1 aliphatic rings. The van der Waals surface area contributed by atoms with Gasteiger partial charge in [-0.05, 0) is 74.9 Å². The third-order valence-electron chi connectivity index (χ3n) is 8.97. The van der Waals surface area contributed by atoms with Crippen molar-refractivity contribution in [3.05, 3.63) is 85.0 Å². The predicted molar refractivity (Wildman–Crippen MR) is 211 cm³/mol. The Morgan fingerprint density at radius 2 is 0.867 bits per heavy atom. The molecule has 0 N–H and O–H groups in total. The van der Waals surface area contributed by atoms with Crippen molar-refractivity contribution >= 4 is 47.8 Å². The number of ether oxygens (including phenoxy) is 8. The van der Waals surface area contributed by atoms with E-state index in [2.05, 4.69) is 13.2 Å². The van der Waals surface area contributed by atoms with E-state index in [0.29, 0.717) is 50.0 Å². The number of hydrogen-bond donors (Lipinski definition) is 0. The van der Waals surface area contributed by atoms with Crippen molar-refractivity contribution < 1.29 is 76.3 Å². The first kappa shape index (κ1) is 48.1. The standard InChI is InChI=1S/C44H52O16/c1-5-37(45)55-27-29(3)57-41(49)21-19-39(47)53-25-23-31-7-15-35(16-8-31)59-43(51)33-11-13-34(14-12-33)44(52)60-36-17-9-32(10-18-36)24-26-54-40(48)20-22-42(50)58-30(4)28-56-38(46)6-2/h5-10,15-18,29-30,33-34H,1-2,11-14,19-28H2,3-4H3. The van der Waals surface area contributed by atoms with E-state index < -0.39 is 48.0 Å². The highest BCUT2D eigenvalue weighted by Gasteiger charge is 2.32. The molecular formula is C44H52O16. The van der Waals surface area contributed by atoms with Gasteiger partial charge in [-0.15, -0.1) is 0 Å². The Balaban J connectivity index is 1.27. The van der Waals surface area contributed by atoms with Gasteiger partial charge in [-0.3, -0.25) is 28.8 Å². The van der Waals surface area contributed by atoms with E-state index in [4.69, 9.17) is 37.9 Å². The molecule has 1 saturated carbocycles. The van der Waals surface area contributed by atoms with Crippen molar-refractivity contribution in [3.63, 3.8) is 0 Å². The summed E-state index contributed by atoms with van der Waals surface area (Å²) in [4.78, 5) is 95.9. The first-order chi connectivity index (χ1) is 28.7. The summed E-state index contributed by atoms with van der Waals surface area (Å²) in [5.41, 5.74) is 1.68. The van der Waals surface area contributed by atoms with E-state index in [1.54, 1.807) is 62.4 Å². The van der Waals surface area contributed by atoms with Gasteiger partial charge in [0, 0.05) is 25.0 Å². The Hall–Kier alpha value is -6.32. The molecule has 324 valence electrons. The van der Waals surface area contributed by atoms with Crippen LogP contribution in [0.3, 0.4) is 0 Å². The van der Waals surface area contributed by atoms with Crippen LogP contribution in [0.2, 0.25) is 0 Å². The van der Waals surface area contributed by atoms with Gasteiger partial charge in [-0.2, -0.15) is 0 Å². The smallest absolute Gasteiger partial charge is 0.330 e. The summed E-state index contributed by atoms with van der Waals surface area (Å²) >= 11 is 0. The summed E-state index contributed by atoms with van der Waals surface area (Å²) in [7, 11) is 0. The highest BCUT2D eigenvalue weighted by molar-refractivity contribution is 5.82. The number of hydrogen-bond acceptors (Lipinski definition) is 16. The first-order valence-corrected chi connectivity index (χ1v) is 19.6. The van der Waals surface area contributed by atoms with E-state index in [0.717, 1.165) is 23.3 Å². The number of carbonyl (C=O) groups excluding carboxylic acids is 8. The van der Waals surface area contributed by atoms with E-state index >= 15 is 0 Å². The average molecular weight is 837 g/mol. The van der Waals surface area contributed by atoms with Crippen LogP contribution in [-0.2, 0) is 79.6 Å². The normalized spacial score (nSPS) is 15.4. The molecule has 0 bridgehead atoms. The van der Waals surface area contributed by atoms with Gasteiger partial charge in [-0.1, -0.05) is 37.4 Å². The third kappa shape index (κ3) is 19.0. The maximum absolute atomic E-state index is 12.9. The average Bonchev–Trinajstić information content (AvgIpc) is 3.24. The van der Waals surface area contributed by atoms with Crippen LogP contribution in [0.5, 0.6) is 11.5 Å². The summed E-state index contributed by atoms with van der Waals surface area (Å²) < 4.78 is 41.3. The topological polar surface area (TPSA) is 210 Å². The zero-order valence-electron chi connectivity index (χ0n) is 33.9. The summed E-state index contributed by atoms with van der Waals surface area (Å²) in [6, 6.07) is 13.6. The molecule has 0 radical (unpaired) electrons. The Bertz CT molecular complexity index is 1660. The monoisotopic (exact) mass is 836 g/mol. The molecule has 3 rings (SSSR count). The molecule has 16 nitrogen and oxygen atoms in total. The fraction of sp³-hybridized carbons (Fsp3) is 0.455. The van der Waals surface area contributed by atoms with Gasteiger partial charge in [0.25, 0.3) is 0 Å². The Morgan fingerprint density at radius 3 is 1.20 bits per heavy atom. The molecule has 0 heterocycles. The second kappa shape index (κ2) is 25.9. The second-order valence-corrected chi connectivity index (χ2v) is 13.9. The number of benzene rings is 2. The van der Waals surface area contributed by atoms with Gasteiger partial charge in [0.1, 0.15) is 36.9 Å². The number of esters is 8. The summed E-state index contributed by atoms with van der Waals surface area (Å²) in [6.45, 7) is 9.58. The Morgan fingerprint density at radius 1 is 0.533 bits per heavy atom. The molecule has 16 heteroatoms. The van der Waals surface area contributed by atoms with Gasteiger partial charge in [0.15, 0.2) is 0 Å². The molecular weight excluding hydrogens is 784 g/mol. The molecule has 0 amide bonds. The zero-order chi connectivity index (χ0) is 43.9. The van der Waals surface area contributed by atoms with Crippen LogP contribution < -0.4 is 9.47 Å². The van der Waals surface area contributed by atoms with Crippen molar-refractivity contribution in [3.8, 4) is 11.5 Å². The molecule has 0 spiro atoms. The predicted octanol–water partition coefficient (Wildman–Crippen LogP) is 5.06. The largest absolute Gasteiger partial charge is 0.465 e. The molecule has 0 aromatic heterocycles. The lowest BCUT2D eigenvalue weighted by Gasteiger charge is -2.25. The maximum atomic E-state index is 12.9. The van der Waals surface area contributed by atoms with Crippen LogP contribution in [0.25, 0.3) is 0 Å². The molecule has 0 aliphatic heterocycles. The van der Waals surface area contributed by atoms with Crippen LogP contribution in [0.15, 0.2) is 73.8 Å². The van der Waals surface area contributed by atoms with Gasteiger partial charge in [0.05, 0.1) is 50.7 Å². The van der Waals surface area contributed by atoms with Crippen LogP contribution in [-0.4, -0.2) is 86.4 Å². The van der Waals surface area contributed by atoms with Crippen molar-refractivity contribution in [2.75, 3.05) is 26.4 Å². The van der Waals surface area contributed by atoms with Crippen LogP contribution in [0, 0.1) is 11.8 Å². The van der Waals surface area contributed by atoms with Crippen LogP contribution in [0.4, 0.5) is 0 Å². The fourth-order valence-electron chi connectivity index (χ4n) is 5.68. The Labute approximate surface area is 348 Å². The summed E-state index contributed by atoms with van der Waals surface area (Å²) in [5, 5.41) is 0. The van der Waals surface area contributed by atoms with Gasteiger partial charge >= 0.3 is 47.8 Å². The van der Waals surface area contributed by atoms with Crippen molar-refractivity contribution in [1.82, 2.24) is 0 Å². The van der Waals surface area contributed by atoms with E-state index in [1.807, 2.05) is 0 Å². The van der Waals surface area contributed by atoms with Gasteiger partial charge < -0.3 is 37.9 Å². The lowest BCUT2D eigenvalue weighted by atomic mass is 9.82. The molecule has 1 aliphatic carbocycles. The minimum absolute atomic E-state index is 0.0856. The highest BCUT2D eigenvalue weighted by Crippen LogP contribution is 2.31. The minimum atomic E-state index is -0.673. The van der Waals surface area contributed by atoms with E-state index in [-0.39, 0.29) is 75.9 Å². The molecule has 60 heavy (non-hydrogen) atoms. The number of carbonyl (C=O) groups is 8. The third-order valence-corrected chi connectivity index (χ3v) is 8.97. The lowest BCUT2D eigenvalue weighted by molar-refractivity contribution is -0.157. The minimum Gasteiger partial charge on any atom is -0.465 e. The van der Waals surface area contributed by atoms with Gasteiger partial charge in [-0.25, -0.2) is 9.59 Å². The molecule has 2 aromatic carbocycles. The van der Waals surface area contributed by atoms with Crippen molar-refractivity contribution in [1.29, 1.82) is 0 Å². The highest BCUT2D eigenvalue weighted by atomic mass is 16.6. The lowest BCUT2D eigenvalue weighted by Crippen LogP contribution is -2.30. The molecule has 1 fully saturated rings. The van der Waals surface area contributed by atoms with Crippen molar-refractivity contribution in [2.45, 2.75) is 90.3 Å². The summed E-state index contributed by atoms with van der Waals surface area (Å²) in [5.74, 6) is -4.39. The van der Waals surface area contributed by atoms with E-state index in [1.165, 1.54) is 0 Å². The molecule has 2 aromatic rings. The van der Waals surface area contributed by atoms with E-state index in [9.17, 15) is 38.4 Å². The van der Waals surface area contributed by atoms with Crippen LogP contribution >= 0.6 is 0 Å².